The monoisotopic (exact) mass is 728 g/mol. The maximum absolute atomic E-state index is 7.08. The van der Waals surface area contributed by atoms with Crippen LogP contribution < -0.4 is 16.4 Å². The molecule has 4 heteroatoms. The van der Waals surface area contributed by atoms with E-state index in [1.165, 1.54) is 65.4 Å². The predicted octanol–water partition coefficient (Wildman–Crippen LogP) is 12.8. The van der Waals surface area contributed by atoms with Crippen LogP contribution in [0.3, 0.4) is 0 Å². The molecule has 4 nitrogen and oxygen atoms in total. The van der Waals surface area contributed by atoms with Gasteiger partial charge < -0.3 is 10.3 Å². The zero-order valence-corrected chi connectivity index (χ0v) is 32.3. The van der Waals surface area contributed by atoms with Crippen LogP contribution >= 0.6 is 0 Å². The van der Waals surface area contributed by atoms with Gasteiger partial charge in [0.1, 0.15) is 0 Å². The van der Waals surface area contributed by atoms with Crippen molar-refractivity contribution in [3.8, 4) is 5.69 Å². The second kappa shape index (κ2) is 15.2. The van der Waals surface area contributed by atoms with Gasteiger partial charge in [-0.1, -0.05) is 159 Å². The van der Waals surface area contributed by atoms with Crippen molar-refractivity contribution in [3.63, 3.8) is 0 Å². The van der Waals surface area contributed by atoms with Gasteiger partial charge in [0.25, 0.3) is 0 Å². The molecule has 0 saturated heterocycles. The van der Waals surface area contributed by atoms with Crippen molar-refractivity contribution >= 4 is 60.2 Å². The third-order valence-corrected chi connectivity index (χ3v) is 11.5. The number of rotatable bonds is 8. The van der Waals surface area contributed by atoms with Crippen LogP contribution in [0.4, 0.5) is 0 Å². The van der Waals surface area contributed by atoms with E-state index in [2.05, 4.69) is 192 Å². The Balaban J connectivity index is 0.00000202. The lowest BCUT2D eigenvalue weighted by atomic mass is 9.92. The first-order valence-electron chi connectivity index (χ1n) is 20.1. The quantitative estimate of drug-likeness (QED) is 0.137. The maximum Gasteiger partial charge on any atom is 0.0854 e. The van der Waals surface area contributed by atoms with E-state index in [9.17, 15) is 0 Å². The molecule has 1 aliphatic rings. The second-order valence-corrected chi connectivity index (χ2v) is 14.7. The number of allylic oxidation sites excluding steroid dienone is 1. The Morgan fingerprint density at radius 2 is 1.12 bits per heavy atom. The Morgan fingerprint density at radius 1 is 0.554 bits per heavy atom. The Kier molecular flexibility index (Phi) is 9.70. The number of hydrogen-bond donors (Lipinski definition) is 3. The van der Waals surface area contributed by atoms with Crippen molar-refractivity contribution in [2.24, 2.45) is 5.73 Å². The summed E-state index contributed by atoms with van der Waals surface area (Å²) in [5.41, 5.74) is 16.9. The number of nitrogens with two attached hydrogens (primary N) is 1. The highest BCUT2D eigenvalue weighted by Crippen LogP contribution is 2.41. The molecule has 3 unspecified atom stereocenters. The zero-order valence-electron chi connectivity index (χ0n) is 32.3. The fraction of sp³-hybridized carbons (Fsp3) is 0.154. The van der Waals surface area contributed by atoms with Crippen molar-refractivity contribution in [1.29, 1.82) is 0 Å². The van der Waals surface area contributed by atoms with Gasteiger partial charge in [-0.05, 0) is 104 Å². The van der Waals surface area contributed by atoms with Crippen LogP contribution in [0.5, 0.6) is 0 Å². The van der Waals surface area contributed by atoms with E-state index in [-0.39, 0.29) is 12.2 Å². The SMILES string of the molecule is CC.CC(NC(NC(N)c1cccc2ccccc12)c1ccc(-n2c3ccc4c(c3c3c5ccccc5ccc32)CCC=C4)cc1)c1cccc2ccccc12. The van der Waals surface area contributed by atoms with Crippen LogP contribution in [0, 0.1) is 0 Å². The zero-order chi connectivity index (χ0) is 38.2. The minimum atomic E-state index is -0.404. The van der Waals surface area contributed by atoms with Crippen molar-refractivity contribution in [1.82, 2.24) is 15.2 Å². The average Bonchev–Trinajstić information content (AvgIpc) is 3.62. The predicted molar refractivity (Wildman–Crippen MR) is 239 cm³/mol. The van der Waals surface area contributed by atoms with E-state index in [4.69, 9.17) is 5.73 Å². The van der Waals surface area contributed by atoms with Crippen molar-refractivity contribution in [3.05, 3.63) is 192 Å². The fourth-order valence-electron chi connectivity index (χ4n) is 8.91. The van der Waals surface area contributed by atoms with Crippen LogP contribution in [-0.2, 0) is 6.42 Å². The highest BCUT2D eigenvalue weighted by molar-refractivity contribution is 6.22. The van der Waals surface area contributed by atoms with Gasteiger partial charge in [0.2, 0.25) is 0 Å². The summed E-state index contributed by atoms with van der Waals surface area (Å²) in [6, 6.07) is 57.1. The number of nitrogens with zero attached hydrogens (tertiary/aromatic N) is 1. The molecule has 1 aromatic heterocycles. The molecular weight excluding hydrogens is 681 g/mol. The largest absolute Gasteiger partial charge is 0.312 e. The number of benzene rings is 8. The highest BCUT2D eigenvalue weighted by atomic mass is 15.2. The van der Waals surface area contributed by atoms with E-state index in [1.54, 1.807) is 0 Å². The lowest BCUT2D eigenvalue weighted by Crippen LogP contribution is -2.41. The van der Waals surface area contributed by atoms with Gasteiger partial charge in [-0.25, -0.2) is 0 Å². The molecule has 0 spiro atoms. The van der Waals surface area contributed by atoms with Crippen LogP contribution in [0.15, 0.2) is 164 Å². The molecular formula is C52H48N4. The molecule has 10 rings (SSSR count). The summed E-state index contributed by atoms with van der Waals surface area (Å²) in [6.07, 6.45) is 6.08. The molecule has 8 aromatic carbocycles. The Hall–Kier alpha value is -6.04. The summed E-state index contributed by atoms with van der Waals surface area (Å²) in [6.45, 7) is 6.24. The summed E-state index contributed by atoms with van der Waals surface area (Å²) < 4.78 is 2.45. The third-order valence-electron chi connectivity index (χ3n) is 11.5. The average molecular weight is 729 g/mol. The molecule has 0 aliphatic heterocycles. The molecule has 0 amide bonds. The molecule has 0 radical (unpaired) electrons. The van der Waals surface area contributed by atoms with E-state index in [0.717, 1.165) is 35.0 Å². The highest BCUT2D eigenvalue weighted by Gasteiger charge is 2.23. The van der Waals surface area contributed by atoms with E-state index in [0.29, 0.717) is 0 Å². The minimum absolute atomic E-state index is 0.0406. The van der Waals surface area contributed by atoms with E-state index >= 15 is 0 Å². The van der Waals surface area contributed by atoms with Gasteiger partial charge in [0.05, 0.1) is 23.4 Å². The standard InChI is InChI=1S/C50H42N4.C2H6/c1-32(39-22-10-16-33-12-2-6-18-40(33)39)52-50(53-49(51)44-23-11-17-34-13-3-7-19-41(34)44)37-24-28-38(29-25-37)54-45-30-26-35-14-4-8-20-42(35)47(45)48-43-21-9-5-15-36(43)27-31-46(48)54;1-2/h2-8,10-20,22-32,49-50,52-53H,9,21,51H2,1H3;1-2H3. The van der Waals surface area contributed by atoms with Crippen molar-refractivity contribution < 1.29 is 0 Å². The fourth-order valence-corrected chi connectivity index (χ4v) is 8.91. The number of nitrogens with one attached hydrogen (secondary N) is 2. The molecule has 1 aliphatic carbocycles. The molecule has 276 valence electrons. The third kappa shape index (κ3) is 6.26. The van der Waals surface area contributed by atoms with Gasteiger partial charge in [0.15, 0.2) is 0 Å². The van der Waals surface area contributed by atoms with Gasteiger partial charge in [-0.15, -0.1) is 0 Å². The van der Waals surface area contributed by atoms with Crippen LogP contribution in [0.25, 0.3) is 65.9 Å². The minimum Gasteiger partial charge on any atom is -0.312 e. The molecule has 4 N–H and O–H groups in total. The van der Waals surface area contributed by atoms with Gasteiger partial charge >= 0.3 is 0 Å². The second-order valence-electron chi connectivity index (χ2n) is 14.7. The number of aryl methyl sites for hydroxylation is 1. The van der Waals surface area contributed by atoms with Crippen LogP contribution in [0.1, 0.15) is 73.4 Å². The molecule has 3 atom stereocenters. The van der Waals surface area contributed by atoms with E-state index < -0.39 is 6.17 Å². The summed E-state index contributed by atoms with van der Waals surface area (Å²) in [5, 5.41) is 17.9. The number of aromatic nitrogens is 1. The maximum atomic E-state index is 7.08. The van der Waals surface area contributed by atoms with Gasteiger partial charge in [-0.3, -0.25) is 10.6 Å². The lowest BCUT2D eigenvalue weighted by molar-refractivity contribution is 0.358. The normalized spacial score (nSPS) is 14.1. The van der Waals surface area contributed by atoms with Crippen LogP contribution in [-0.4, -0.2) is 4.57 Å². The first-order valence-corrected chi connectivity index (χ1v) is 20.1. The summed E-state index contributed by atoms with van der Waals surface area (Å²) in [5.74, 6) is 0. The van der Waals surface area contributed by atoms with Crippen molar-refractivity contribution in [2.45, 2.75) is 52.0 Å². The number of hydrogen-bond acceptors (Lipinski definition) is 3. The number of fused-ring (bicyclic) bond motifs is 9. The first kappa shape index (κ1) is 35.6. The smallest absolute Gasteiger partial charge is 0.0854 e. The molecule has 0 fully saturated rings. The summed E-state index contributed by atoms with van der Waals surface area (Å²) in [7, 11) is 0. The Labute approximate surface area is 329 Å². The lowest BCUT2D eigenvalue weighted by Gasteiger charge is -2.29. The summed E-state index contributed by atoms with van der Waals surface area (Å²) in [4.78, 5) is 0. The Morgan fingerprint density at radius 3 is 1.84 bits per heavy atom. The van der Waals surface area contributed by atoms with Gasteiger partial charge in [-0.2, -0.15) is 0 Å². The first-order chi connectivity index (χ1) is 27.6. The van der Waals surface area contributed by atoms with E-state index in [1.807, 2.05) is 13.8 Å². The van der Waals surface area contributed by atoms with Crippen molar-refractivity contribution in [2.75, 3.05) is 0 Å². The molecule has 0 saturated carbocycles. The topological polar surface area (TPSA) is 55.0 Å². The van der Waals surface area contributed by atoms with Crippen LogP contribution in [0.2, 0.25) is 0 Å². The molecule has 0 bridgehead atoms. The molecule has 56 heavy (non-hydrogen) atoms. The summed E-state index contributed by atoms with van der Waals surface area (Å²) >= 11 is 0. The molecule has 9 aromatic rings. The van der Waals surface area contributed by atoms with Gasteiger partial charge in [0, 0.05) is 22.5 Å². The Bertz CT molecular complexity index is 2780. The molecule has 1 heterocycles.